The molecule has 1 rings (SSSR count). The van der Waals surface area contributed by atoms with Gasteiger partial charge in [0.15, 0.2) is 0 Å². The first-order valence-electron chi connectivity index (χ1n) is 3.74. The van der Waals surface area contributed by atoms with E-state index in [9.17, 15) is 0 Å². The number of likely N-dealkylation sites (N-methyl/N-ethyl adjacent to an activating group) is 1. The van der Waals surface area contributed by atoms with E-state index in [1.807, 2.05) is 14.1 Å². The summed E-state index contributed by atoms with van der Waals surface area (Å²) in [5.41, 5.74) is 0. The van der Waals surface area contributed by atoms with E-state index in [1.54, 1.807) is 0 Å². The smallest absolute Gasteiger partial charge is 0.0680 e. The van der Waals surface area contributed by atoms with E-state index in [4.69, 9.17) is 5.11 Å². The van der Waals surface area contributed by atoms with Crippen molar-refractivity contribution in [2.24, 2.45) is 0 Å². The molecule has 1 aliphatic rings. The lowest BCUT2D eigenvalue weighted by atomic mass is 10.2. The summed E-state index contributed by atoms with van der Waals surface area (Å²) in [7, 11) is 4.10. The molecule has 0 aromatic carbocycles. The zero-order chi connectivity index (χ0) is 7.56. The number of halogens is 2. The molecule has 0 aromatic heterocycles. The average molecular weight is 217 g/mol. The number of hydrogen-bond acceptors (Lipinski definition) is 3. The fourth-order valence-corrected chi connectivity index (χ4v) is 1.38. The molecule has 0 aromatic rings. The van der Waals surface area contributed by atoms with Gasteiger partial charge in [0.1, 0.15) is 0 Å². The summed E-state index contributed by atoms with van der Waals surface area (Å²) >= 11 is 0. The second kappa shape index (κ2) is 6.92. The van der Waals surface area contributed by atoms with Crippen LogP contribution in [0.4, 0.5) is 0 Å². The van der Waals surface area contributed by atoms with Crippen molar-refractivity contribution < 1.29 is 5.11 Å². The maximum atomic E-state index is 9.13. The molecule has 0 saturated carbocycles. The van der Waals surface area contributed by atoms with E-state index in [2.05, 4.69) is 10.2 Å². The van der Waals surface area contributed by atoms with Crippen LogP contribution in [0.15, 0.2) is 0 Å². The Balaban J connectivity index is 0. The fraction of sp³-hybridized carbons (Fsp3) is 1.00. The van der Waals surface area contributed by atoms with Gasteiger partial charge in [-0.1, -0.05) is 0 Å². The Labute approximate surface area is 86.3 Å². The SMILES string of the molecule is CN(C)C[C@H]1C[C@H](O)CN1.Cl.Cl. The van der Waals surface area contributed by atoms with Gasteiger partial charge in [-0.15, -0.1) is 24.8 Å². The standard InChI is InChI=1S/C7H16N2O.2ClH/c1-9(2)5-6-3-7(10)4-8-6;;/h6-8,10H,3-5H2,1-2H3;2*1H/t6-,7+;;/m1../s1. The summed E-state index contributed by atoms with van der Waals surface area (Å²) in [6.45, 7) is 1.79. The Morgan fingerprint density at radius 2 is 2.00 bits per heavy atom. The first-order chi connectivity index (χ1) is 4.68. The minimum absolute atomic E-state index is 0. The van der Waals surface area contributed by atoms with E-state index in [0.29, 0.717) is 6.04 Å². The van der Waals surface area contributed by atoms with Crippen molar-refractivity contribution in [3.63, 3.8) is 0 Å². The summed E-state index contributed by atoms with van der Waals surface area (Å²) in [5, 5.41) is 12.4. The van der Waals surface area contributed by atoms with Crippen molar-refractivity contribution in [1.82, 2.24) is 10.2 Å². The Bertz CT molecular complexity index is 114. The first-order valence-corrected chi connectivity index (χ1v) is 3.74. The lowest BCUT2D eigenvalue weighted by molar-refractivity contribution is 0.191. The third-order valence-corrected chi connectivity index (χ3v) is 1.78. The molecule has 1 aliphatic heterocycles. The quantitative estimate of drug-likeness (QED) is 0.689. The van der Waals surface area contributed by atoms with Gasteiger partial charge in [-0.05, 0) is 20.5 Å². The average Bonchev–Trinajstić information content (AvgIpc) is 2.13. The summed E-state index contributed by atoms with van der Waals surface area (Å²) in [5.74, 6) is 0. The molecule has 0 unspecified atom stereocenters. The van der Waals surface area contributed by atoms with E-state index in [-0.39, 0.29) is 30.9 Å². The topological polar surface area (TPSA) is 35.5 Å². The highest BCUT2D eigenvalue weighted by Gasteiger charge is 2.21. The highest BCUT2D eigenvalue weighted by molar-refractivity contribution is 5.85. The van der Waals surface area contributed by atoms with E-state index in [0.717, 1.165) is 19.5 Å². The van der Waals surface area contributed by atoms with Gasteiger partial charge in [0, 0.05) is 19.1 Å². The van der Waals surface area contributed by atoms with Gasteiger partial charge in [0.05, 0.1) is 6.10 Å². The number of aliphatic hydroxyl groups is 1. The number of hydrogen-bond donors (Lipinski definition) is 2. The number of rotatable bonds is 2. The largest absolute Gasteiger partial charge is 0.392 e. The van der Waals surface area contributed by atoms with Crippen molar-refractivity contribution in [2.45, 2.75) is 18.6 Å². The fourth-order valence-electron chi connectivity index (χ4n) is 1.38. The zero-order valence-corrected chi connectivity index (χ0v) is 9.12. The van der Waals surface area contributed by atoms with Crippen LogP contribution in [0, 0.1) is 0 Å². The van der Waals surface area contributed by atoms with Crippen molar-refractivity contribution in [3.05, 3.63) is 0 Å². The van der Waals surface area contributed by atoms with Crippen LogP contribution in [-0.2, 0) is 0 Å². The van der Waals surface area contributed by atoms with Crippen LogP contribution in [0.3, 0.4) is 0 Å². The predicted molar refractivity (Wildman–Crippen MR) is 55.5 cm³/mol. The first kappa shape index (κ1) is 15.0. The molecule has 76 valence electrons. The molecule has 0 aliphatic carbocycles. The highest BCUT2D eigenvalue weighted by Crippen LogP contribution is 2.05. The van der Waals surface area contributed by atoms with E-state index >= 15 is 0 Å². The second-order valence-corrected chi connectivity index (χ2v) is 3.26. The van der Waals surface area contributed by atoms with Crippen LogP contribution >= 0.6 is 24.8 Å². The minimum Gasteiger partial charge on any atom is -0.392 e. The van der Waals surface area contributed by atoms with Gasteiger partial charge in [0.2, 0.25) is 0 Å². The summed E-state index contributed by atoms with van der Waals surface area (Å²) in [6, 6.07) is 0.491. The lowest BCUT2D eigenvalue weighted by Gasteiger charge is -2.15. The molecule has 5 heteroatoms. The van der Waals surface area contributed by atoms with Gasteiger partial charge >= 0.3 is 0 Å². The molecule has 0 radical (unpaired) electrons. The van der Waals surface area contributed by atoms with E-state index < -0.39 is 0 Å². The maximum absolute atomic E-state index is 9.13. The Morgan fingerprint density at radius 3 is 2.33 bits per heavy atom. The molecule has 1 fully saturated rings. The molecule has 0 spiro atoms. The Kier molecular flexibility index (Phi) is 8.63. The predicted octanol–water partition coefficient (Wildman–Crippen LogP) is 0.114. The van der Waals surface area contributed by atoms with Crippen LogP contribution in [0.2, 0.25) is 0 Å². The van der Waals surface area contributed by atoms with Gasteiger partial charge in [0.25, 0.3) is 0 Å². The molecule has 0 bridgehead atoms. The monoisotopic (exact) mass is 216 g/mol. The summed E-state index contributed by atoms with van der Waals surface area (Å²) < 4.78 is 0. The number of nitrogens with zero attached hydrogens (tertiary/aromatic N) is 1. The lowest BCUT2D eigenvalue weighted by Crippen LogP contribution is -2.33. The molecule has 12 heavy (non-hydrogen) atoms. The second-order valence-electron chi connectivity index (χ2n) is 3.26. The van der Waals surface area contributed by atoms with Gasteiger partial charge in [-0.25, -0.2) is 0 Å². The number of aliphatic hydroxyl groups excluding tert-OH is 1. The molecular weight excluding hydrogens is 199 g/mol. The van der Waals surface area contributed by atoms with Gasteiger partial charge < -0.3 is 15.3 Å². The summed E-state index contributed by atoms with van der Waals surface area (Å²) in [4.78, 5) is 2.13. The molecule has 1 saturated heterocycles. The Morgan fingerprint density at radius 1 is 1.42 bits per heavy atom. The number of β-amino-alcohol motifs (C(OH)–C–C–N with tert-alkyl or cyclic N) is 1. The molecule has 0 amide bonds. The van der Waals surface area contributed by atoms with Crippen LogP contribution in [-0.4, -0.2) is 49.3 Å². The maximum Gasteiger partial charge on any atom is 0.0680 e. The van der Waals surface area contributed by atoms with Crippen molar-refractivity contribution in [1.29, 1.82) is 0 Å². The normalized spacial score (nSPS) is 28.0. The molecular formula is C7H18Cl2N2O. The summed E-state index contributed by atoms with van der Waals surface area (Å²) in [6.07, 6.45) is 0.781. The van der Waals surface area contributed by atoms with Crippen LogP contribution in [0.25, 0.3) is 0 Å². The number of nitrogens with one attached hydrogen (secondary N) is 1. The molecule has 1 heterocycles. The van der Waals surface area contributed by atoms with Crippen molar-refractivity contribution >= 4 is 24.8 Å². The zero-order valence-electron chi connectivity index (χ0n) is 7.49. The Hall–Kier alpha value is 0.460. The van der Waals surface area contributed by atoms with Crippen molar-refractivity contribution in [2.75, 3.05) is 27.2 Å². The molecule has 2 N–H and O–H groups in total. The van der Waals surface area contributed by atoms with Crippen LogP contribution in [0.5, 0.6) is 0 Å². The van der Waals surface area contributed by atoms with E-state index in [1.165, 1.54) is 0 Å². The molecule has 3 nitrogen and oxygen atoms in total. The molecule has 2 atom stereocenters. The van der Waals surface area contributed by atoms with Gasteiger partial charge in [-0.3, -0.25) is 0 Å². The van der Waals surface area contributed by atoms with Crippen LogP contribution in [0.1, 0.15) is 6.42 Å². The third kappa shape index (κ3) is 5.17. The van der Waals surface area contributed by atoms with Crippen LogP contribution < -0.4 is 5.32 Å². The minimum atomic E-state index is -0.120. The van der Waals surface area contributed by atoms with Crippen molar-refractivity contribution in [3.8, 4) is 0 Å². The highest BCUT2D eigenvalue weighted by atomic mass is 35.5. The van der Waals surface area contributed by atoms with Gasteiger partial charge in [-0.2, -0.15) is 0 Å². The third-order valence-electron chi connectivity index (χ3n) is 1.78.